The molecular weight excluding hydrogens is 364 g/mol. The highest BCUT2D eigenvalue weighted by molar-refractivity contribution is 7.95. The summed E-state index contributed by atoms with van der Waals surface area (Å²) >= 11 is 0. The van der Waals surface area contributed by atoms with Gasteiger partial charge in [-0.05, 0) is 36.4 Å². The van der Waals surface area contributed by atoms with E-state index in [4.69, 9.17) is 10.00 Å². The van der Waals surface area contributed by atoms with E-state index in [0.717, 1.165) is 0 Å². The van der Waals surface area contributed by atoms with E-state index in [2.05, 4.69) is 4.72 Å². The second-order valence-corrected chi connectivity index (χ2v) is 8.98. The number of nitrogens with one attached hydrogen (secondary N) is 1. The molecule has 0 aliphatic heterocycles. The molecule has 0 spiro atoms. The van der Waals surface area contributed by atoms with Gasteiger partial charge in [-0.3, -0.25) is 4.72 Å². The number of nitriles is 1. The Morgan fingerprint density at radius 1 is 0.920 bits per heavy atom. The van der Waals surface area contributed by atoms with E-state index in [1.165, 1.54) is 36.4 Å². The minimum Gasteiger partial charge on any atom is -0.479 e. The van der Waals surface area contributed by atoms with Crippen LogP contribution in [0, 0.1) is 11.3 Å². The Hall–Kier alpha value is -2.57. The summed E-state index contributed by atoms with van der Waals surface area (Å²) in [5.74, 6) is -0.650. The lowest BCUT2D eigenvalue weighted by atomic mass is 10.3. The number of sulfonamides is 1. The van der Waals surface area contributed by atoms with Crippen LogP contribution in [0.2, 0.25) is 0 Å². The fourth-order valence-electron chi connectivity index (χ4n) is 1.93. The molecule has 0 radical (unpaired) electrons. The molecule has 2 rings (SSSR count). The topological polar surface area (TPSA) is 113 Å². The number of hydrogen-bond acceptors (Lipinski definition) is 6. The van der Waals surface area contributed by atoms with Crippen LogP contribution in [0.1, 0.15) is 0 Å². The first-order valence-electron chi connectivity index (χ1n) is 7.20. The fraction of sp³-hybridized carbons (Fsp3) is 0.188. The first-order valence-corrected chi connectivity index (χ1v) is 10.5. The number of benzene rings is 2. The molecule has 0 heterocycles. The highest BCUT2D eigenvalue weighted by Crippen LogP contribution is 2.17. The Labute approximate surface area is 146 Å². The van der Waals surface area contributed by atoms with Crippen molar-refractivity contribution in [3.05, 3.63) is 54.6 Å². The van der Waals surface area contributed by atoms with Gasteiger partial charge in [-0.15, -0.1) is 0 Å². The van der Waals surface area contributed by atoms with Crippen molar-refractivity contribution in [2.45, 2.75) is 4.90 Å². The highest BCUT2D eigenvalue weighted by atomic mass is 32.2. The SMILES string of the molecule is N#CCOc1ccc(NS(=O)(=O)CCS(=O)(=O)c2ccccc2)cc1. The smallest absolute Gasteiger partial charge is 0.233 e. The number of hydrogen-bond donors (Lipinski definition) is 1. The van der Waals surface area contributed by atoms with E-state index >= 15 is 0 Å². The number of rotatable bonds is 8. The molecule has 0 atom stereocenters. The van der Waals surface area contributed by atoms with Crippen molar-refractivity contribution >= 4 is 25.5 Å². The van der Waals surface area contributed by atoms with Crippen LogP contribution in [0.15, 0.2) is 59.5 Å². The lowest BCUT2D eigenvalue weighted by Gasteiger charge is -2.09. The average molecular weight is 380 g/mol. The van der Waals surface area contributed by atoms with Crippen LogP contribution in [0.25, 0.3) is 0 Å². The lowest BCUT2D eigenvalue weighted by molar-refractivity contribution is 0.368. The molecule has 0 saturated heterocycles. The van der Waals surface area contributed by atoms with Crippen molar-refractivity contribution in [3.8, 4) is 11.8 Å². The summed E-state index contributed by atoms with van der Waals surface area (Å²) in [5, 5.41) is 8.43. The van der Waals surface area contributed by atoms with E-state index in [-0.39, 0.29) is 17.2 Å². The van der Waals surface area contributed by atoms with Crippen LogP contribution in [0.3, 0.4) is 0 Å². The number of ether oxygens (including phenoxy) is 1. The summed E-state index contributed by atoms with van der Waals surface area (Å²) in [7, 11) is -7.50. The number of anilines is 1. The summed E-state index contributed by atoms with van der Waals surface area (Å²) in [6, 6.07) is 15.5. The molecule has 2 aromatic rings. The monoisotopic (exact) mass is 380 g/mol. The van der Waals surface area contributed by atoms with Crippen molar-refractivity contribution < 1.29 is 21.6 Å². The van der Waals surface area contributed by atoms with Crippen LogP contribution >= 0.6 is 0 Å². The minimum absolute atomic E-state index is 0.0872. The summed E-state index contributed by atoms with van der Waals surface area (Å²) in [6.07, 6.45) is 0. The maximum absolute atomic E-state index is 12.1. The van der Waals surface area contributed by atoms with Gasteiger partial charge in [0.1, 0.15) is 11.8 Å². The van der Waals surface area contributed by atoms with E-state index < -0.39 is 31.4 Å². The zero-order valence-electron chi connectivity index (χ0n) is 13.1. The van der Waals surface area contributed by atoms with Gasteiger partial charge in [-0.2, -0.15) is 5.26 Å². The number of sulfone groups is 1. The molecule has 0 aliphatic carbocycles. The van der Waals surface area contributed by atoms with E-state index in [1.807, 2.05) is 6.07 Å². The van der Waals surface area contributed by atoms with Gasteiger partial charge in [-0.1, -0.05) is 18.2 Å². The molecule has 0 saturated carbocycles. The van der Waals surface area contributed by atoms with Crippen LogP contribution in [-0.4, -0.2) is 34.9 Å². The van der Waals surface area contributed by atoms with Crippen LogP contribution in [0.4, 0.5) is 5.69 Å². The van der Waals surface area contributed by atoms with Gasteiger partial charge in [0.05, 0.1) is 16.4 Å². The summed E-state index contributed by atoms with van der Waals surface area (Å²) < 4.78 is 55.8. The molecule has 0 fully saturated rings. The predicted octanol–water partition coefficient (Wildman–Crippen LogP) is 1.80. The molecule has 0 unspecified atom stereocenters. The minimum atomic E-state index is -3.83. The predicted molar refractivity (Wildman–Crippen MR) is 93.5 cm³/mol. The maximum Gasteiger partial charge on any atom is 0.233 e. The second-order valence-electron chi connectivity index (χ2n) is 5.02. The third-order valence-electron chi connectivity index (χ3n) is 3.15. The van der Waals surface area contributed by atoms with Crippen molar-refractivity contribution in [1.29, 1.82) is 5.26 Å². The molecule has 132 valence electrons. The molecule has 0 amide bonds. The summed E-state index contributed by atoms with van der Waals surface area (Å²) in [4.78, 5) is 0.0872. The third-order valence-corrected chi connectivity index (χ3v) is 6.43. The molecule has 2 aromatic carbocycles. The first kappa shape index (κ1) is 18.8. The molecule has 0 bridgehead atoms. The quantitative estimate of drug-likeness (QED) is 0.747. The summed E-state index contributed by atoms with van der Waals surface area (Å²) in [6.45, 7) is -0.109. The van der Waals surface area contributed by atoms with Gasteiger partial charge < -0.3 is 4.74 Å². The van der Waals surface area contributed by atoms with Gasteiger partial charge in [0.15, 0.2) is 16.4 Å². The molecule has 0 aliphatic rings. The molecular formula is C16H16N2O5S2. The van der Waals surface area contributed by atoms with Gasteiger partial charge >= 0.3 is 0 Å². The summed E-state index contributed by atoms with van der Waals surface area (Å²) in [5.41, 5.74) is 0.279. The van der Waals surface area contributed by atoms with Gasteiger partial charge in [0.25, 0.3) is 0 Å². The zero-order valence-corrected chi connectivity index (χ0v) is 14.8. The Morgan fingerprint density at radius 3 is 2.16 bits per heavy atom. The Morgan fingerprint density at radius 2 is 1.56 bits per heavy atom. The van der Waals surface area contributed by atoms with E-state index in [1.54, 1.807) is 18.2 Å². The van der Waals surface area contributed by atoms with Crippen LogP contribution in [0.5, 0.6) is 5.75 Å². The number of nitrogens with zero attached hydrogens (tertiary/aromatic N) is 1. The highest BCUT2D eigenvalue weighted by Gasteiger charge is 2.19. The Kier molecular flexibility index (Phi) is 6.01. The van der Waals surface area contributed by atoms with Crippen molar-refractivity contribution in [2.24, 2.45) is 0 Å². The van der Waals surface area contributed by atoms with Crippen molar-refractivity contribution in [3.63, 3.8) is 0 Å². The molecule has 0 aromatic heterocycles. The normalized spacial score (nSPS) is 11.5. The fourth-order valence-corrected chi connectivity index (χ4v) is 5.09. The molecule has 7 nitrogen and oxygen atoms in total. The van der Waals surface area contributed by atoms with Crippen molar-refractivity contribution in [1.82, 2.24) is 0 Å². The largest absolute Gasteiger partial charge is 0.479 e. The van der Waals surface area contributed by atoms with Crippen LogP contribution < -0.4 is 9.46 Å². The Bertz CT molecular complexity index is 948. The molecule has 25 heavy (non-hydrogen) atoms. The second kappa shape index (κ2) is 8.00. The Balaban J connectivity index is 1.99. The van der Waals surface area contributed by atoms with Crippen molar-refractivity contribution in [2.75, 3.05) is 22.8 Å². The lowest BCUT2D eigenvalue weighted by Crippen LogP contribution is -2.23. The van der Waals surface area contributed by atoms with Gasteiger partial charge in [0.2, 0.25) is 10.0 Å². The van der Waals surface area contributed by atoms with Crippen LogP contribution in [-0.2, 0) is 19.9 Å². The van der Waals surface area contributed by atoms with E-state index in [9.17, 15) is 16.8 Å². The van der Waals surface area contributed by atoms with Gasteiger partial charge in [-0.25, -0.2) is 16.8 Å². The van der Waals surface area contributed by atoms with E-state index in [0.29, 0.717) is 5.75 Å². The van der Waals surface area contributed by atoms with Gasteiger partial charge in [0, 0.05) is 5.69 Å². The maximum atomic E-state index is 12.1. The zero-order chi connectivity index (χ0) is 18.3. The third kappa shape index (κ3) is 5.77. The molecule has 1 N–H and O–H groups in total. The standard InChI is InChI=1S/C16H16N2O5S2/c17-10-11-23-15-8-6-14(7-9-15)18-25(21,22)13-12-24(19,20)16-4-2-1-3-5-16/h1-9,18H,11-13H2. The average Bonchev–Trinajstić information content (AvgIpc) is 2.60. The first-order chi connectivity index (χ1) is 11.8. The molecule has 9 heteroatoms.